The minimum atomic E-state index is -0.0671. The first-order chi connectivity index (χ1) is 11.7. The monoisotopic (exact) mass is 326 g/mol. The molecule has 1 aliphatic heterocycles. The van der Waals surface area contributed by atoms with Gasteiger partial charge >= 0.3 is 6.03 Å². The summed E-state index contributed by atoms with van der Waals surface area (Å²) in [4.78, 5) is 14.9. The molecule has 2 aromatic rings. The van der Waals surface area contributed by atoms with Crippen LogP contribution in [0.4, 0.5) is 4.79 Å². The summed E-state index contributed by atoms with van der Waals surface area (Å²) in [6.07, 6.45) is 4.56. The summed E-state index contributed by atoms with van der Waals surface area (Å²) < 4.78 is 11.2. The average Bonchev–Trinajstić information content (AvgIpc) is 3.26. The zero-order valence-electron chi connectivity index (χ0n) is 13.8. The molecular formula is C19H22N2O3. The van der Waals surface area contributed by atoms with Crippen molar-refractivity contribution in [3.8, 4) is 5.75 Å². The lowest BCUT2D eigenvalue weighted by Gasteiger charge is -2.32. The van der Waals surface area contributed by atoms with Gasteiger partial charge in [0.25, 0.3) is 0 Å². The van der Waals surface area contributed by atoms with E-state index < -0.39 is 0 Å². The van der Waals surface area contributed by atoms with Crippen LogP contribution in [0.5, 0.6) is 5.75 Å². The van der Waals surface area contributed by atoms with Crippen molar-refractivity contribution in [3.05, 3.63) is 54.0 Å². The van der Waals surface area contributed by atoms with Crippen molar-refractivity contribution in [2.45, 2.75) is 44.3 Å². The molecule has 126 valence electrons. The van der Waals surface area contributed by atoms with Crippen LogP contribution in [0.2, 0.25) is 0 Å². The first-order valence-electron chi connectivity index (χ1n) is 8.58. The number of urea groups is 1. The maximum absolute atomic E-state index is 13.0. The Morgan fingerprint density at radius 3 is 2.79 bits per heavy atom. The molecule has 1 aromatic heterocycles. The van der Waals surface area contributed by atoms with E-state index in [1.54, 1.807) is 6.26 Å². The minimum Gasteiger partial charge on any atom is -0.493 e. The van der Waals surface area contributed by atoms with Crippen molar-refractivity contribution in [3.63, 3.8) is 0 Å². The highest BCUT2D eigenvalue weighted by Gasteiger charge is 2.38. The van der Waals surface area contributed by atoms with Crippen LogP contribution in [-0.2, 0) is 0 Å². The highest BCUT2D eigenvalue weighted by molar-refractivity contribution is 5.76. The summed E-state index contributed by atoms with van der Waals surface area (Å²) in [5.41, 5.74) is 1.05. The van der Waals surface area contributed by atoms with E-state index in [1.165, 1.54) is 0 Å². The van der Waals surface area contributed by atoms with Crippen LogP contribution < -0.4 is 10.1 Å². The molecule has 5 nitrogen and oxygen atoms in total. The predicted molar refractivity (Wildman–Crippen MR) is 89.8 cm³/mol. The van der Waals surface area contributed by atoms with E-state index in [4.69, 9.17) is 9.15 Å². The van der Waals surface area contributed by atoms with Crippen molar-refractivity contribution >= 4 is 6.03 Å². The maximum Gasteiger partial charge on any atom is 0.318 e. The fourth-order valence-corrected chi connectivity index (χ4v) is 3.39. The number of nitrogens with one attached hydrogen (secondary N) is 1. The van der Waals surface area contributed by atoms with Gasteiger partial charge in [0.2, 0.25) is 0 Å². The van der Waals surface area contributed by atoms with E-state index in [9.17, 15) is 4.79 Å². The first-order valence-corrected chi connectivity index (χ1v) is 8.58. The van der Waals surface area contributed by atoms with Crippen LogP contribution in [-0.4, -0.2) is 23.6 Å². The number of furan rings is 1. The van der Waals surface area contributed by atoms with Crippen LogP contribution in [0.3, 0.4) is 0 Å². The lowest BCUT2D eigenvalue weighted by molar-refractivity contribution is 0.158. The summed E-state index contributed by atoms with van der Waals surface area (Å²) >= 11 is 0. The van der Waals surface area contributed by atoms with E-state index in [-0.39, 0.29) is 18.1 Å². The summed E-state index contributed by atoms with van der Waals surface area (Å²) in [7, 11) is 0. The van der Waals surface area contributed by atoms with Gasteiger partial charge in [-0.2, -0.15) is 0 Å². The number of rotatable bonds is 4. The molecule has 1 aliphatic carbocycles. The topological polar surface area (TPSA) is 54.7 Å². The highest BCUT2D eigenvalue weighted by Crippen LogP contribution is 2.36. The van der Waals surface area contributed by atoms with E-state index in [0.717, 1.165) is 36.3 Å². The molecular weight excluding hydrogens is 304 g/mol. The molecule has 2 heterocycles. The molecule has 1 fully saturated rings. The average molecular weight is 326 g/mol. The third kappa shape index (κ3) is 2.86. The van der Waals surface area contributed by atoms with Crippen LogP contribution in [0, 0.1) is 0 Å². The molecule has 0 saturated heterocycles. The second-order valence-corrected chi connectivity index (χ2v) is 6.51. The Bertz CT molecular complexity index is 709. The number of carbonyl (C=O) groups is 1. The lowest BCUT2D eigenvalue weighted by atomic mass is 10.0. The van der Waals surface area contributed by atoms with E-state index >= 15 is 0 Å². The Morgan fingerprint density at radius 2 is 2.04 bits per heavy atom. The van der Waals surface area contributed by atoms with Gasteiger partial charge in [0, 0.05) is 18.0 Å². The van der Waals surface area contributed by atoms with Crippen molar-refractivity contribution in [2.24, 2.45) is 0 Å². The summed E-state index contributed by atoms with van der Waals surface area (Å²) in [5.74, 6) is 1.69. The standard InChI is InChI=1S/C19H22N2O3/c1-13(17-7-4-11-23-17)21(14-8-9-14)19(22)20-16-10-12-24-18-6-3-2-5-15(16)18/h2-7,11,13-14,16H,8-10,12H2,1H3,(H,20,22). The fourth-order valence-electron chi connectivity index (χ4n) is 3.39. The van der Waals surface area contributed by atoms with E-state index in [1.807, 2.05) is 48.2 Å². The van der Waals surface area contributed by atoms with Crippen molar-refractivity contribution in [2.75, 3.05) is 6.61 Å². The summed E-state index contributed by atoms with van der Waals surface area (Å²) in [5, 5.41) is 3.20. The number of amides is 2. The number of ether oxygens (including phenoxy) is 1. The van der Waals surface area contributed by atoms with Crippen molar-refractivity contribution in [1.29, 1.82) is 0 Å². The number of nitrogens with zero attached hydrogens (tertiary/aromatic N) is 1. The molecule has 0 spiro atoms. The van der Waals surface area contributed by atoms with Gasteiger partial charge in [-0.25, -0.2) is 4.79 Å². The Balaban J connectivity index is 1.52. The SMILES string of the molecule is CC(c1ccco1)N(C(=O)NC1CCOc2ccccc21)C1CC1. The molecule has 24 heavy (non-hydrogen) atoms. The van der Waals surface area contributed by atoms with E-state index in [2.05, 4.69) is 5.32 Å². The zero-order valence-corrected chi connectivity index (χ0v) is 13.8. The molecule has 2 aliphatic rings. The second-order valence-electron chi connectivity index (χ2n) is 6.51. The van der Waals surface area contributed by atoms with Gasteiger partial charge in [0.1, 0.15) is 11.5 Å². The van der Waals surface area contributed by atoms with Crippen molar-refractivity contribution < 1.29 is 13.9 Å². The quantitative estimate of drug-likeness (QED) is 0.922. The second kappa shape index (κ2) is 6.23. The molecule has 4 rings (SSSR count). The third-order valence-electron chi connectivity index (χ3n) is 4.80. The van der Waals surface area contributed by atoms with Crippen LogP contribution >= 0.6 is 0 Å². The van der Waals surface area contributed by atoms with Gasteiger partial charge in [-0.15, -0.1) is 0 Å². The molecule has 0 radical (unpaired) electrons. The third-order valence-corrected chi connectivity index (χ3v) is 4.80. The van der Waals surface area contributed by atoms with Gasteiger partial charge in [-0.05, 0) is 38.0 Å². The zero-order chi connectivity index (χ0) is 16.5. The van der Waals surface area contributed by atoms with Crippen molar-refractivity contribution in [1.82, 2.24) is 10.2 Å². The van der Waals surface area contributed by atoms with Gasteiger partial charge in [-0.3, -0.25) is 0 Å². The molecule has 0 bridgehead atoms. The fraction of sp³-hybridized carbons (Fsp3) is 0.421. The number of para-hydroxylation sites is 1. The molecule has 1 aromatic carbocycles. The largest absolute Gasteiger partial charge is 0.493 e. The molecule has 2 unspecified atom stereocenters. The number of hydrogen-bond acceptors (Lipinski definition) is 3. The van der Waals surface area contributed by atoms with Crippen LogP contribution in [0.25, 0.3) is 0 Å². The highest BCUT2D eigenvalue weighted by atomic mass is 16.5. The number of hydrogen-bond donors (Lipinski definition) is 1. The lowest BCUT2D eigenvalue weighted by Crippen LogP contribution is -2.45. The molecule has 1 N–H and O–H groups in total. The number of fused-ring (bicyclic) bond motifs is 1. The van der Waals surface area contributed by atoms with Crippen LogP contribution in [0.1, 0.15) is 49.6 Å². The molecule has 5 heteroatoms. The summed E-state index contributed by atoms with van der Waals surface area (Å²) in [6, 6.07) is 11.9. The van der Waals surface area contributed by atoms with Gasteiger partial charge in [0.05, 0.1) is 25.0 Å². The molecule has 2 atom stereocenters. The Morgan fingerprint density at radius 1 is 1.21 bits per heavy atom. The Labute approximate surface area is 141 Å². The smallest absolute Gasteiger partial charge is 0.318 e. The molecule has 2 amide bonds. The predicted octanol–water partition coefficient (Wildman–Crippen LogP) is 4.04. The van der Waals surface area contributed by atoms with E-state index in [0.29, 0.717) is 12.6 Å². The number of benzene rings is 1. The van der Waals surface area contributed by atoms with Gasteiger partial charge < -0.3 is 19.4 Å². The van der Waals surface area contributed by atoms with Crippen LogP contribution in [0.15, 0.2) is 47.1 Å². The normalized spacial score (nSPS) is 20.6. The first kappa shape index (κ1) is 15.1. The minimum absolute atomic E-state index is 0.00694. The summed E-state index contributed by atoms with van der Waals surface area (Å²) in [6.45, 7) is 2.65. The van der Waals surface area contributed by atoms with Gasteiger partial charge in [0.15, 0.2) is 0 Å². The Kier molecular flexibility index (Phi) is 3.92. The molecule has 1 saturated carbocycles. The Hall–Kier alpha value is -2.43. The van der Waals surface area contributed by atoms with Gasteiger partial charge in [-0.1, -0.05) is 18.2 Å². The maximum atomic E-state index is 13.0. The number of carbonyl (C=O) groups excluding carboxylic acids is 1.